The summed E-state index contributed by atoms with van der Waals surface area (Å²) in [6.45, 7) is 3.61. The smallest absolute Gasteiger partial charge is 0.325 e. The molecule has 2 aromatic rings. The van der Waals surface area contributed by atoms with E-state index in [0.717, 1.165) is 66.2 Å². The van der Waals surface area contributed by atoms with Gasteiger partial charge in [-0.05, 0) is 71.3 Å². The lowest BCUT2D eigenvalue weighted by Gasteiger charge is -2.23. The van der Waals surface area contributed by atoms with Gasteiger partial charge >= 0.3 is 5.69 Å². The highest BCUT2D eigenvalue weighted by atomic mass is 32.2. The first kappa shape index (κ1) is 21.6. The average Bonchev–Trinajstić information content (AvgIpc) is 2.69. The minimum absolute atomic E-state index is 0.0779. The molecule has 0 saturated heterocycles. The molecule has 1 aliphatic rings. The summed E-state index contributed by atoms with van der Waals surface area (Å²) in [5.74, 6) is 0.170. The van der Waals surface area contributed by atoms with E-state index in [1.54, 1.807) is 0 Å². The van der Waals surface area contributed by atoms with Gasteiger partial charge in [0.2, 0.25) is 5.91 Å². The number of hydrogen-bond donors (Lipinski definition) is 1. The van der Waals surface area contributed by atoms with Gasteiger partial charge in [-0.3, -0.25) is 9.36 Å². The van der Waals surface area contributed by atoms with Crippen LogP contribution in [0.3, 0.4) is 0 Å². The average molecular weight is 415 g/mol. The number of hydrogen-bond acceptors (Lipinski definition) is 5. The molecule has 29 heavy (non-hydrogen) atoms. The number of aromatic nitrogens is 2. The van der Waals surface area contributed by atoms with Crippen molar-refractivity contribution in [3.63, 3.8) is 0 Å². The van der Waals surface area contributed by atoms with E-state index in [-0.39, 0.29) is 17.3 Å². The standard InChI is InChI=1S/C22H30N4O2S/c1-16-9-4-6-11-18(16)23-20(27)15-29-21-17-10-5-7-12-19(17)26(22(28)24-21)14-8-13-25(2)3/h4,6,9,11H,5,7-8,10,12-15H2,1-3H3,(H,23,27). The van der Waals surface area contributed by atoms with Crippen LogP contribution in [-0.4, -0.2) is 46.8 Å². The third kappa shape index (κ3) is 5.70. The quantitative estimate of drug-likeness (QED) is 0.531. The topological polar surface area (TPSA) is 67.2 Å². The van der Waals surface area contributed by atoms with Gasteiger partial charge in [-0.1, -0.05) is 30.0 Å². The summed E-state index contributed by atoms with van der Waals surface area (Å²) in [5.41, 5.74) is 3.95. The molecular formula is C22H30N4O2S. The molecule has 1 aromatic heterocycles. The van der Waals surface area contributed by atoms with Gasteiger partial charge < -0.3 is 10.2 Å². The third-order valence-electron chi connectivity index (χ3n) is 5.20. The first-order valence-corrected chi connectivity index (χ1v) is 11.2. The van der Waals surface area contributed by atoms with Crippen molar-refractivity contribution >= 4 is 23.4 Å². The van der Waals surface area contributed by atoms with E-state index in [1.807, 2.05) is 49.9 Å². The highest BCUT2D eigenvalue weighted by Crippen LogP contribution is 2.28. The van der Waals surface area contributed by atoms with E-state index >= 15 is 0 Å². The second-order valence-electron chi connectivity index (χ2n) is 7.79. The second kappa shape index (κ2) is 10.1. The molecule has 0 aliphatic heterocycles. The maximum atomic E-state index is 12.7. The fourth-order valence-electron chi connectivity index (χ4n) is 3.68. The predicted molar refractivity (Wildman–Crippen MR) is 119 cm³/mol. The Morgan fingerprint density at radius 2 is 2.00 bits per heavy atom. The second-order valence-corrected chi connectivity index (χ2v) is 8.76. The molecule has 1 aromatic carbocycles. The third-order valence-corrected chi connectivity index (χ3v) is 6.21. The number of amides is 1. The molecule has 0 atom stereocenters. The van der Waals surface area contributed by atoms with E-state index in [4.69, 9.17) is 0 Å². The number of aryl methyl sites for hydroxylation is 1. The lowest BCUT2D eigenvalue weighted by atomic mass is 9.97. The highest BCUT2D eigenvalue weighted by molar-refractivity contribution is 8.00. The predicted octanol–water partition coefficient (Wildman–Crippen LogP) is 3.11. The van der Waals surface area contributed by atoms with Crippen LogP contribution in [0.15, 0.2) is 34.1 Å². The summed E-state index contributed by atoms with van der Waals surface area (Å²) in [7, 11) is 4.08. The summed E-state index contributed by atoms with van der Waals surface area (Å²) in [6, 6.07) is 7.72. The van der Waals surface area contributed by atoms with Crippen LogP contribution in [-0.2, 0) is 24.2 Å². The summed E-state index contributed by atoms with van der Waals surface area (Å²) in [4.78, 5) is 31.6. The number of para-hydroxylation sites is 1. The van der Waals surface area contributed by atoms with Gasteiger partial charge in [0.1, 0.15) is 5.03 Å². The van der Waals surface area contributed by atoms with Gasteiger partial charge in [-0.2, -0.15) is 4.98 Å². The highest BCUT2D eigenvalue weighted by Gasteiger charge is 2.21. The molecule has 156 valence electrons. The van der Waals surface area contributed by atoms with E-state index in [2.05, 4.69) is 15.2 Å². The number of rotatable bonds is 8. The van der Waals surface area contributed by atoms with Gasteiger partial charge in [0, 0.05) is 23.5 Å². The molecule has 1 amide bonds. The minimum Gasteiger partial charge on any atom is -0.325 e. The van der Waals surface area contributed by atoms with Gasteiger partial charge in [-0.25, -0.2) is 4.79 Å². The van der Waals surface area contributed by atoms with Crippen LogP contribution in [0.1, 0.15) is 36.1 Å². The van der Waals surface area contributed by atoms with Crippen molar-refractivity contribution < 1.29 is 4.79 Å². The molecule has 0 saturated carbocycles. The molecule has 1 heterocycles. The van der Waals surface area contributed by atoms with Crippen LogP contribution in [0.5, 0.6) is 0 Å². The number of nitrogens with one attached hydrogen (secondary N) is 1. The van der Waals surface area contributed by atoms with Gasteiger partial charge in [-0.15, -0.1) is 0 Å². The van der Waals surface area contributed by atoms with Gasteiger partial charge in [0.25, 0.3) is 0 Å². The molecule has 0 bridgehead atoms. The van der Waals surface area contributed by atoms with E-state index in [1.165, 1.54) is 11.8 Å². The molecule has 7 heteroatoms. The normalized spacial score (nSPS) is 13.4. The number of thioether (sulfide) groups is 1. The Morgan fingerprint density at radius 1 is 1.24 bits per heavy atom. The Kier molecular flexibility index (Phi) is 7.50. The molecule has 6 nitrogen and oxygen atoms in total. The Hall–Kier alpha value is -2.12. The summed E-state index contributed by atoms with van der Waals surface area (Å²) in [6.07, 6.45) is 4.97. The first-order valence-electron chi connectivity index (χ1n) is 10.2. The fourth-order valence-corrected chi connectivity index (χ4v) is 4.55. The van der Waals surface area contributed by atoms with Crippen molar-refractivity contribution in [1.82, 2.24) is 14.5 Å². The maximum absolute atomic E-state index is 12.7. The summed E-state index contributed by atoms with van der Waals surface area (Å²) >= 11 is 1.38. The molecule has 0 fully saturated rings. The van der Waals surface area contributed by atoms with Crippen LogP contribution in [0.25, 0.3) is 0 Å². The Labute approximate surface area is 176 Å². The Balaban J connectivity index is 1.72. The first-order chi connectivity index (χ1) is 14.0. The largest absolute Gasteiger partial charge is 0.348 e. The summed E-state index contributed by atoms with van der Waals surface area (Å²) in [5, 5.41) is 3.68. The lowest BCUT2D eigenvalue weighted by molar-refractivity contribution is -0.113. The molecule has 1 aliphatic carbocycles. The number of anilines is 1. The zero-order valence-electron chi connectivity index (χ0n) is 17.5. The van der Waals surface area contributed by atoms with Crippen LogP contribution in [0.2, 0.25) is 0 Å². The zero-order chi connectivity index (χ0) is 20.8. The monoisotopic (exact) mass is 414 g/mol. The Morgan fingerprint density at radius 3 is 2.76 bits per heavy atom. The minimum atomic E-state index is -0.189. The SMILES string of the molecule is Cc1ccccc1NC(=O)CSc1nc(=O)n(CCCN(C)C)c2c1CCCC2. The number of benzene rings is 1. The van der Waals surface area contributed by atoms with Gasteiger partial charge in [0.15, 0.2) is 0 Å². The number of carbonyl (C=O) groups is 1. The number of fused-ring (bicyclic) bond motifs is 1. The van der Waals surface area contributed by atoms with Crippen molar-refractivity contribution in [1.29, 1.82) is 0 Å². The van der Waals surface area contributed by atoms with Crippen molar-refractivity contribution in [3.05, 3.63) is 51.6 Å². The molecular weight excluding hydrogens is 384 g/mol. The number of nitrogens with zero attached hydrogens (tertiary/aromatic N) is 3. The maximum Gasteiger partial charge on any atom is 0.348 e. The zero-order valence-corrected chi connectivity index (χ0v) is 18.3. The van der Waals surface area contributed by atoms with Crippen molar-refractivity contribution in [2.75, 3.05) is 31.7 Å². The molecule has 0 radical (unpaired) electrons. The van der Waals surface area contributed by atoms with Crippen molar-refractivity contribution in [2.45, 2.75) is 50.6 Å². The van der Waals surface area contributed by atoms with Crippen molar-refractivity contribution in [3.8, 4) is 0 Å². The number of carbonyl (C=O) groups excluding carboxylic acids is 1. The van der Waals surface area contributed by atoms with E-state index < -0.39 is 0 Å². The van der Waals surface area contributed by atoms with Crippen LogP contribution in [0.4, 0.5) is 5.69 Å². The van der Waals surface area contributed by atoms with E-state index in [9.17, 15) is 9.59 Å². The Bertz CT molecular complexity index is 924. The van der Waals surface area contributed by atoms with Crippen molar-refractivity contribution in [2.24, 2.45) is 0 Å². The molecule has 3 rings (SSSR count). The van der Waals surface area contributed by atoms with Gasteiger partial charge in [0.05, 0.1) is 5.75 Å². The fraction of sp³-hybridized carbons (Fsp3) is 0.500. The molecule has 1 N–H and O–H groups in total. The summed E-state index contributed by atoms with van der Waals surface area (Å²) < 4.78 is 1.86. The van der Waals surface area contributed by atoms with Crippen LogP contribution >= 0.6 is 11.8 Å². The van der Waals surface area contributed by atoms with E-state index in [0.29, 0.717) is 6.54 Å². The van der Waals surface area contributed by atoms with Crippen LogP contribution < -0.4 is 11.0 Å². The molecule has 0 spiro atoms. The lowest BCUT2D eigenvalue weighted by Crippen LogP contribution is -2.31. The molecule has 0 unspecified atom stereocenters. The van der Waals surface area contributed by atoms with Crippen LogP contribution in [0, 0.1) is 6.92 Å².